The fourth-order valence-electron chi connectivity index (χ4n) is 3.57. The summed E-state index contributed by atoms with van der Waals surface area (Å²) in [4.78, 5) is 71.6. The molecule has 238 valence electrons. The van der Waals surface area contributed by atoms with Crippen molar-refractivity contribution in [1.29, 1.82) is 0 Å². The zero-order chi connectivity index (χ0) is 33.2. The van der Waals surface area contributed by atoms with Gasteiger partial charge in [0.15, 0.2) is 0 Å². The van der Waals surface area contributed by atoms with Crippen molar-refractivity contribution in [2.75, 3.05) is 32.2 Å². The number of nitrogens with two attached hydrogens (primary N) is 1. The molecule has 0 spiro atoms. The van der Waals surface area contributed by atoms with E-state index in [1.54, 1.807) is 20.8 Å². The predicted molar refractivity (Wildman–Crippen MR) is 157 cm³/mol. The molecule has 0 radical (unpaired) electrons. The molecule has 4 N–H and O–H groups in total. The molecule has 42 heavy (non-hydrogen) atoms. The highest BCUT2D eigenvalue weighted by atomic mass is 16.6. The van der Waals surface area contributed by atoms with E-state index in [0.29, 0.717) is 16.7 Å². The molecule has 0 fully saturated rings. The second-order valence-corrected chi connectivity index (χ2v) is 8.59. The first-order chi connectivity index (χ1) is 19.6. The third-order valence-corrected chi connectivity index (χ3v) is 5.38. The van der Waals surface area contributed by atoms with Gasteiger partial charge < -0.3 is 35.3 Å². The maximum atomic E-state index is 13.3. The average Bonchev–Trinajstić information content (AvgIpc) is 2.92. The Balaban J connectivity index is 0. The number of anilines is 1. The van der Waals surface area contributed by atoms with E-state index >= 15 is 0 Å². The Labute approximate surface area is 248 Å². The van der Waals surface area contributed by atoms with Crippen LogP contribution in [0.4, 0.5) is 5.69 Å². The molecule has 13 heteroatoms. The van der Waals surface area contributed by atoms with E-state index in [1.165, 1.54) is 27.7 Å². The van der Waals surface area contributed by atoms with Crippen LogP contribution in [-0.2, 0) is 38.1 Å². The fourth-order valence-corrected chi connectivity index (χ4v) is 3.57. The van der Waals surface area contributed by atoms with E-state index in [2.05, 4.69) is 10.6 Å². The quantitative estimate of drug-likeness (QED) is 0.182. The summed E-state index contributed by atoms with van der Waals surface area (Å²) in [6.45, 7) is 16.5. The summed E-state index contributed by atoms with van der Waals surface area (Å²) in [7, 11) is 0. The van der Waals surface area contributed by atoms with Gasteiger partial charge in [-0.3, -0.25) is 28.8 Å². The molecule has 0 bridgehead atoms. The van der Waals surface area contributed by atoms with Crippen LogP contribution in [0, 0.1) is 20.8 Å². The van der Waals surface area contributed by atoms with Gasteiger partial charge in [0.2, 0.25) is 0 Å². The van der Waals surface area contributed by atoms with Crippen LogP contribution in [0.1, 0.15) is 92.8 Å². The molecular formula is C29H47N3O10. The van der Waals surface area contributed by atoms with Crippen molar-refractivity contribution in [2.24, 2.45) is 0 Å². The van der Waals surface area contributed by atoms with Crippen LogP contribution in [-0.4, -0.2) is 74.2 Å². The summed E-state index contributed by atoms with van der Waals surface area (Å²) in [6.07, 6.45) is 0. The standard InChI is InChI=1S/C25H35N3O10.2C2H6/c1-12-21(24(33)27-19(8-35-15(4)29)9-36-16(5)30)13(2)23(26)14(3)22(12)25(34)28-20(10-37-17(6)31)11-38-18(7)32;2*1-2/h19-20H,8-11,26H2,1-7H3,(H,27,33)(H,28,34);2*1-2H3. The van der Waals surface area contributed by atoms with Gasteiger partial charge in [-0.05, 0) is 37.5 Å². The van der Waals surface area contributed by atoms with Crippen molar-refractivity contribution >= 4 is 41.4 Å². The van der Waals surface area contributed by atoms with Gasteiger partial charge in [0.05, 0.1) is 12.1 Å². The SMILES string of the molecule is CC.CC.CC(=O)OCC(COC(C)=O)NC(=O)c1c(C)c(N)c(C)c(C(=O)NC(COC(C)=O)COC(C)=O)c1C. The molecule has 0 aromatic heterocycles. The minimum Gasteiger partial charge on any atom is -0.464 e. The van der Waals surface area contributed by atoms with Crippen molar-refractivity contribution in [3.63, 3.8) is 0 Å². The van der Waals surface area contributed by atoms with Crippen LogP contribution < -0.4 is 16.4 Å². The molecule has 13 nitrogen and oxygen atoms in total. The molecule has 0 saturated carbocycles. The predicted octanol–water partition coefficient (Wildman–Crippen LogP) is 2.70. The zero-order valence-electron chi connectivity index (χ0n) is 26.6. The van der Waals surface area contributed by atoms with Crippen molar-refractivity contribution in [3.05, 3.63) is 27.8 Å². The van der Waals surface area contributed by atoms with Gasteiger partial charge in [-0.2, -0.15) is 0 Å². The largest absolute Gasteiger partial charge is 0.464 e. The van der Waals surface area contributed by atoms with Crippen LogP contribution in [0.25, 0.3) is 0 Å². The summed E-state index contributed by atoms with van der Waals surface area (Å²) in [6, 6.07) is -1.74. The molecule has 0 aliphatic carbocycles. The summed E-state index contributed by atoms with van der Waals surface area (Å²) in [5.41, 5.74) is 7.75. The third kappa shape index (κ3) is 14.0. The minimum atomic E-state index is -0.870. The summed E-state index contributed by atoms with van der Waals surface area (Å²) in [5.74, 6) is -3.63. The Bertz CT molecular complexity index is 985. The molecule has 0 atom stereocenters. The smallest absolute Gasteiger partial charge is 0.302 e. The van der Waals surface area contributed by atoms with Crippen LogP contribution in [0.2, 0.25) is 0 Å². The molecule has 0 heterocycles. The number of nitrogen functional groups attached to an aromatic ring is 1. The number of nitrogens with one attached hydrogen (secondary N) is 2. The van der Waals surface area contributed by atoms with Gasteiger partial charge in [-0.25, -0.2) is 0 Å². The number of carbonyl (C=O) groups excluding carboxylic acids is 6. The number of hydrogen-bond donors (Lipinski definition) is 3. The van der Waals surface area contributed by atoms with Crippen molar-refractivity contribution in [3.8, 4) is 0 Å². The number of hydrogen-bond acceptors (Lipinski definition) is 11. The molecular weight excluding hydrogens is 550 g/mol. The van der Waals surface area contributed by atoms with E-state index in [-0.39, 0.29) is 43.2 Å². The van der Waals surface area contributed by atoms with Gasteiger partial charge >= 0.3 is 23.9 Å². The van der Waals surface area contributed by atoms with Gasteiger partial charge in [0, 0.05) is 44.5 Å². The Morgan fingerprint density at radius 1 is 0.548 bits per heavy atom. The van der Waals surface area contributed by atoms with E-state index in [4.69, 9.17) is 24.7 Å². The summed E-state index contributed by atoms with van der Waals surface area (Å²) in [5, 5.41) is 5.30. The monoisotopic (exact) mass is 597 g/mol. The maximum absolute atomic E-state index is 13.3. The van der Waals surface area contributed by atoms with Gasteiger partial charge in [-0.15, -0.1) is 0 Å². The highest BCUT2D eigenvalue weighted by Gasteiger charge is 2.27. The highest BCUT2D eigenvalue weighted by molar-refractivity contribution is 6.06. The normalized spacial score (nSPS) is 9.83. The second kappa shape index (κ2) is 20.7. The molecule has 1 aromatic carbocycles. The number of ether oxygens (including phenoxy) is 4. The number of amides is 2. The lowest BCUT2D eigenvalue weighted by atomic mass is 9.90. The molecule has 1 rings (SSSR count). The summed E-state index contributed by atoms with van der Waals surface area (Å²) >= 11 is 0. The molecule has 0 aliphatic heterocycles. The van der Waals surface area contributed by atoms with Crippen molar-refractivity contribution in [2.45, 2.75) is 88.2 Å². The van der Waals surface area contributed by atoms with Crippen LogP contribution in [0.5, 0.6) is 0 Å². The first-order valence-electron chi connectivity index (χ1n) is 13.7. The maximum Gasteiger partial charge on any atom is 0.302 e. The topological polar surface area (TPSA) is 189 Å². The molecule has 1 aromatic rings. The molecule has 0 aliphatic rings. The number of benzene rings is 1. The minimum absolute atomic E-state index is 0.102. The molecule has 0 saturated heterocycles. The Kier molecular flexibility index (Phi) is 19.7. The zero-order valence-corrected chi connectivity index (χ0v) is 26.6. The van der Waals surface area contributed by atoms with Crippen LogP contribution >= 0.6 is 0 Å². The second-order valence-electron chi connectivity index (χ2n) is 8.59. The number of rotatable bonds is 12. The number of carbonyl (C=O) groups is 6. The van der Waals surface area contributed by atoms with Gasteiger partial charge in [0.25, 0.3) is 11.8 Å². The van der Waals surface area contributed by atoms with E-state index in [1.807, 2.05) is 27.7 Å². The first kappa shape index (κ1) is 40.0. The number of esters is 4. The van der Waals surface area contributed by atoms with Crippen LogP contribution in [0.15, 0.2) is 0 Å². The first-order valence-corrected chi connectivity index (χ1v) is 13.7. The molecule has 0 unspecified atom stereocenters. The molecule has 2 amide bonds. The highest BCUT2D eigenvalue weighted by Crippen LogP contribution is 2.29. The van der Waals surface area contributed by atoms with E-state index in [9.17, 15) is 28.8 Å². The third-order valence-electron chi connectivity index (χ3n) is 5.38. The average molecular weight is 598 g/mol. The van der Waals surface area contributed by atoms with Crippen LogP contribution in [0.3, 0.4) is 0 Å². The van der Waals surface area contributed by atoms with Gasteiger partial charge in [-0.1, -0.05) is 27.7 Å². The van der Waals surface area contributed by atoms with Gasteiger partial charge in [0.1, 0.15) is 26.4 Å². The Hall–Kier alpha value is -4.16. The fraction of sp³-hybridized carbons (Fsp3) is 0.586. The van der Waals surface area contributed by atoms with Crippen molar-refractivity contribution in [1.82, 2.24) is 10.6 Å². The lowest BCUT2D eigenvalue weighted by molar-refractivity contribution is -0.146. The Morgan fingerprint density at radius 2 is 0.786 bits per heavy atom. The van der Waals surface area contributed by atoms with E-state index in [0.717, 1.165) is 0 Å². The lowest BCUT2D eigenvalue weighted by Gasteiger charge is -2.24. The summed E-state index contributed by atoms with van der Waals surface area (Å²) < 4.78 is 19.8. The van der Waals surface area contributed by atoms with Crippen molar-refractivity contribution < 1.29 is 47.7 Å². The van der Waals surface area contributed by atoms with E-state index < -0.39 is 47.8 Å². The Morgan fingerprint density at radius 3 is 1.00 bits per heavy atom. The lowest BCUT2D eigenvalue weighted by Crippen LogP contribution is -2.44.